The molecule has 0 radical (unpaired) electrons. The third kappa shape index (κ3) is 5.42. The zero-order valence-electron chi connectivity index (χ0n) is 17.2. The Morgan fingerprint density at radius 2 is 1.34 bits per heavy atom. The first-order valence-corrected chi connectivity index (χ1v) is 10.1. The van der Waals surface area contributed by atoms with E-state index in [1.165, 1.54) is 0 Å². The maximum atomic E-state index is 13.0. The number of hydrogen-bond acceptors (Lipinski definition) is 5. The Morgan fingerprint density at radius 3 is 1.88 bits per heavy atom. The Bertz CT molecular complexity index is 1020. The molecular formula is C24H22N4O4. The van der Waals surface area contributed by atoms with E-state index in [0.29, 0.717) is 17.1 Å². The van der Waals surface area contributed by atoms with Crippen molar-refractivity contribution in [2.24, 2.45) is 4.99 Å². The number of nitrogens with zero attached hydrogens (tertiary/aromatic N) is 2. The van der Waals surface area contributed by atoms with Gasteiger partial charge in [-0.05, 0) is 36.4 Å². The van der Waals surface area contributed by atoms with Crippen molar-refractivity contribution < 1.29 is 19.1 Å². The molecule has 1 atom stereocenters. The summed E-state index contributed by atoms with van der Waals surface area (Å²) in [4.78, 5) is 31.1. The van der Waals surface area contributed by atoms with E-state index in [1.807, 2.05) is 42.5 Å². The molecule has 0 aliphatic carbocycles. The molecule has 1 aliphatic heterocycles. The molecule has 2 N–H and O–H groups in total. The largest absolute Gasteiger partial charge is 0.490 e. The number of nitrogens with one attached hydrogen (secondary N) is 2. The molecule has 0 aromatic heterocycles. The average molecular weight is 430 g/mol. The van der Waals surface area contributed by atoms with Gasteiger partial charge in [0.25, 0.3) is 0 Å². The van der Waals surface area contributed by atoms with Crippen LogP contribution in [0.2, 0.25) is 0 Å². The monoisotopic (exact) mass is 430 g/mol. The summed E-state index contributed by atoms with van der Waals surface area (Å²) in [5.74, 6) is 0.699. The highest BCUT2D eigenvalue weighted by atomic mass is 16.6. The summed E-state index contributed by atoms with van der Waals surface area (Å²) in [6.07, 6.45) is -0.429. The number of carbonyl (C=O) groups excluding carboxylic acids is 2. The SMILES string of the molecule is O=C(Nc1ccccc1)N(C(=O)Nc1ccccc1)C1=NCC(COc2ccccc2)O1. The molecule has 0 spiro atoms. The Balaban J connectivity index is 1.45. The number of carbonyl (C=O) groups is 2. The van der Waals surface area contributed by atoms with Gasteiger partial charge < -0.3 is 20.1 Å². The maximum Gasteiger partial charge on any atom is 0.338 e. The summed E-state index contributed by atoms with van der Waals surface area (Å²) in [6.45, 7) is 0.487. The van der Waals surface area contributed by atoms with Crippen LogP contribution in [0.5, 0.6) is 5.75 Å². The number of ether oxygens (including phenoxy) is 2. The Labute approximate surface area is 185 Å². The summed E-state index contributed by atoms with van der Waals surface area (Å²) in [7, 11) is 0. The quantitative estimate of drug-likeness (QED) is 0.619. The molecule has 1 heterocycles. The Kier molecular flexibility index (Phi) is 6.62. The van der Waals surface area contributed by atoms with Gasteiger partial charge >= 0.3 is 18.1 Å². The van der Waals surface area contributed by atoms with Crippen LogP contribution in [0.15, 0.2) is 96.0 Å². The fraction of sp³-hybridized carbons (Fsp3) is 0.125. The summed E-state index contributed by atoms with van der Waals surface area (Å²) in [6, 6.07) is 25.5. The number of anilines is 2. The fourth-order valence-corrected chi connectivity index (χ4v) is 2.99. The summed E-state index contributed by atoms with van der Waals surface area (Å²) in [5, 5.41) is 5.38. The number of urea groups is 2. The van der Waals surface area contributed by atoms with Crippen molar-refractivity contribution in [2.75, 3.05) is 23.8 Å². The summed E-state index contributed by atoms with van der Waals surface area (Å²) in [5.41, 5.74) is 1.08. The predicted molar refractivity (Wildman–Crippen MR) is 122 cm³/mol. The van der Waals surface area contributed by atoms with Crippen molar-refractivity contribution in [3.8, 4) is 5.75 Å². The molecule has 4 amide bonds. The smallest absolute Gasteiger partial charge is 0.338 e. The van der Waals surface area contributed by atoms with E-state index in [0.717, 1.165) is 4.90 Å². The fourth-order valence-electron chi connectivity index (χ4n) is 2.99. The lowest BCUT2D eigenvalue weighted by Crippen LogP contribution is -2.47. The highest BCUT2D eigenvalue weighted by Gasteiger charge is 2.34. The minimum Gasteiger partial charge on any atom is -0.490 e. The van der Waals surface area contributed by atoms with E-state index in [2.05, 4.69) is 15.6 Å². The molecule has 8 heteroatoms. The van der Waals surface area contributed by atoms with Gasteiger partial charge in [-0.1, -0.05) is 54.6 Å². The van der Waals surface area contributed by atoms with E-state index >= 15 is 0 Å². The number of amides is 4. The van der Waals surface area contributed by atoms with Crippen LogP contribution in [0.25, 0.3) is 0 Å². The molecule has 162 valence electrons. The minimum absolute atomic E-state index is 0.0893. The molecule has 0 saturated heterocycles. The molecule has 3 aromatic carbocycles. The van der Waals surface area contributed by atoms with Crippen LogP contribution < -0.4 is 15.4 Å². The number of amidine groups is 1. The normalized spacial score (nSPS) is 14.6. The van der Waals surface area contributed by atoms with Crippen LogP contribution in [0.1, 0.15) is 0 Å². The van der Waals surface area contributed by atoms with Gasteiger partial charge in [-0.2, -0.15) is 4.90 Å². The number of benzene rings is 3. The molecule has 4 rings (SSSR count). The standard InChI is InChI=1S/C24H22N4O4/c29-22(26-18-10-4-1-5-11-18)28(23(30)27-19-12-6-2-7-13-19)24-25-16-21(32-24)17-31-20-14-8-3-9-15-20/h1-15,21H,16-17H2,(H,26,29)(H,27,30). The van der Waals surface area contributed by atoms with Crippen LogP contribution >= 0.6 is 0 Å². The first-order chi connectivity index (χ1) is 15.7. The zero-order valence-corrected chi connectivity index (χ0v) is 17.2. The molecule has 1 unspecified atom stereocenters. The second-order valence-corrected chi connectivity index (χ2v) is 6.91. The van der Waals surface area contributed by atoms with E-state index in [1.54, 1.807) is 48.5 Å². The van der Waals surface area contributed by atoms with Crippen LogP contribution in [-0.2, 0) is 4.74 Å². The second kappa shape index (κ2) is 10.1. The van der Waals surface area contributed by atoms with Crippen molar-refractivity contribution in [2.45, 2.75) is 6.10 Å². The van der Waals surface area contributed by atoms with Gasteiger partial charge in [-0.15, -0.1) is 0 Å². The Hall–Kier alpha value is -4.33. The lowest BCUT2D eigenvalue weighted by atomic mass is 10.3. The van der Waals surface area contributed by atoms with Gasteiger partial charge in [-0.25, -0.2) is 14.6 Å². The minimum atomic E-state index is -0.687. The van der Waals surface area contributed by atoms with Crippen molar-refractivity contribution in [1.29, 1.82) is 0 Å². The van der Waals surface area contributed by atoms with Crippen molar-refractivity contribution in [1.82, 2.24) is 4.90 Å². The highest BCUT2D eigenvalue weighted by molar-refractivity contribution is 6.16. The van der Waals surface area contributed by atoms with Crippen LogP contribution in [-0.4, -0.2) is 42.2 Å². The lowest BCUT2D eigenvalue weighted by Gasteiger charge is -2.22. The van der Waals surface area contributed by atoms with Gasteiger partial charge in [0.05, 0.1) is 6.54 Å². The number of hydrogen-bond donors (Lipinski definition) is 2. The van der Waals surface area contributed by atoms with E-state index in [4.69, 9.17) is 9.47 Å². The predicted octanol–water partition coefficient (Wildman–Crippen LogP) is 4.59. The maximum absolute atomic E-state index is 13.0. The van der Waals surface area contributed by atoms with Gasteiger partial charge in [-0.3, -0.25) is 0 Å². The third-order valence-electron chi connectivity index (χ3n) is 4.53. The molecule has 0 fully saturated rings. The van der Waals surface area contributed by atoms with Crippen molar-refractivity contribution in [3.63, 3.8) is 0 Å². The van der Waals surface area contributed by atoms with Gasteiger partial charge in [0.15, 0.2) is 6.10 Å². The van der Waals surface area contributed by atoms with Gasteiger partial charge in [0.2, 0.25) is 0 Å². The van der Waals surface area contributed by atoms with E-state index in [-0.39, 0.29) is 19.2 Å². The summed E-state index contributed by atoms with van der Waals surface area (Å²) >= 11 is 0. The number of para-hydroxylation sites is 3. The van der Waals surface area contributed by atoms with Crippen LogP contribution in [0.4, 0.5) is 21.0 Å². The zero-order chi connectivity index (χ0) is 22.2. The molecule has 0 bridgehead atoms. The molecule has 8 nitrogen and oxygen atoms in total. The first-order valence-electron chi connectivity index (χ1n) is 10.1. The first kappa shape index (κ1) is 20.9. The lowest BCUT2D eigenvalue weighted by molar-refractivity contribution is 0.129. The van der Waals surface area contributed by atoms with E-state index in [9.17, 15) is 9.59 Å². The number of imide groups is 1. The average Bonchev–Trinajstić information content (AvgIpc) is 3.28. The van der Waals surface area contributed by atoms with Gasteiger partial charge in [0.1, 0.15) is 12.4 Å². The van der Waals surface area contributed by atoms with Crippen molar-refractivity contribution >= 4 is 29.5 Å². The third-order valence-corrected chi connectivity index (χ3v) is 4.53. The molecule has 32 heavy (non-hydrogen) atoms. The van der Waals surface area contributed by atoms with Crippen LogP contribution in [0.3, 0.4) is 0 Å². The number of aliphatic imine (C=N–C) groups is 1. The summed E-state index contributed by atoms with van der Waals surface area (Å²) < 4.78 is 11.5. The van der Waals surface area contributed by atoms with E-state index < -0.39 is 18.2 Å². The molecular weight excluding hydrogens is 408 g/mol. The second-order valence-electron chi connectivity index (χ2n) is 6.91. The van der Waals surface area contributed by atoms with Crippen LogP contribution in [0, 0.1) is 0 Å². The molecule has 1 aliphatic rings. The van der Waals surface area contributed by atoms with Crippen molar-refractivity contribution in [3.05, 3.63) is 91.0 Å². The topological polar surface area (TPSA) is 92.3 Å². The van der Waals surface area contributed by atoms with Gasteiger partial charge in [0, 0.05) is 11.4 Å². The Morgan fingerprint density at radius 1 is 0.844 bits per heavy atom. The number of rotatable bonds is 5. The molecule has 3 aromatic rings. The highest BCUT2D eigenvalue weighted by Crippen LogP contribution is 2.16. The molecule has 0 saturated carbocycles.